The van der Waals surface area contributed by atoms with E-state index in [0.29, 0.717) is 117 Å². The largest absolute Gasteiger partial charge is 0.447 e. The SMILES string of the molecule is CCCCCCCCCCCCCCCC(=O)N1CCOC1=O.O=C(CCCCCC1CCCCC1)N1CCOC1=O.O=C(CCCCCCCc1ccccc1)N1CCOC1=O.O=C(CCCCCCc1ccccc1)N1CCOC1=O.O=C(CCCCCc1ccccc1)N1CCOC1=O.O=C(CCCCCc1ccsc1)N1CCOC1=O. The lowest BCUT2D eigenvalue weighted by Gasteiger charge is -2.21. The fourth-order valence-electron chi connectivity index (χ4n) is 15.2. The van der Waals surface area contributed by atoms with E-state index < -0.39 is 36.6 Å². The molecule has 3 aromatic carbocycles. The quantitative estimate of drug-likeness (QED) is 0.0293. The molecule has 7 fully saturated rings. The van der Waals surface area contributed by atoms with Crippen molar-refractivity contribution >= 4 is 83.3 Å². The van der Waals surface area contributed by atoms with Crippen LogP contribution in [0.5, 0.6) is 0 Å². The second-order valence-corrected chi connectivity index (χ2v) is 32.7. The van der Waals surface area contributed by atoms with Crippen LogP contribution >= 0.6 is 11.3 Å². The minimum absolute atomic E-state index is 0.0693. The van der Waals surface area contributed by atoms with Crippen molar-refractivity contribution in [2.24, 2.45) is 5.92 Å². The van der Waals surface area contributed by atoms with Crippen LogP contribution in [-0.4, -0.2) is 180 Å². The molecule has 6 saturated heterocycles. The molecule has 25 heteroatoms. The van der Waals surface area contributed by atoms with Gasteiger partial charge in [-0.3, -0.25) is 28.8 Å². The van der Waals surface area contributed by atoms with Crippen LogP contribution < -0.4 is 0 Å². The van der Waals surface area contributed by atoms with E-state index >= 15 is 0 Å². The van der Waals surface area contributed by atoms with Gasteiger partial charge < -0.3 is 28.4 Å². The summed E-state index contributed by atoms with van der Waals surface area (Å²) in [4.78, 5) is 145. The van der Waals surface area contributed by atoms with E-state index in [4.69, 9.17) is 28.4 Å². The van der Waals surface area contributed by atoms with Crippen molar-refractivity contribution in [1.29, 1.82) is 0 Å². The molecule has 1 aliphatic carbocycles. The van der Waals surface area contributed by atoms with E-state index in [1.165, 1.54) is 180 Å². The highest BCUT2D eigenvalue weighted by Gasteiger charge is 2.33. The van der Waals surface area contributed by atoms with Crippen LogP contribution in [0.3, 0.4) is 0 Å². The topological polar surface area (TPSA) is 280 Å². The van der Waals surface area contributed by atoms with Crippen LogP contribution in [0.2, 0.25) is 0 Å². The van der Waals surface area contributed by atoms with Gasteiger partial charge in [-0.15, -0.1) is 0 Å². The number of carbonyl (C=O) groups is 12. The van der Waals surface area contributed by atoms with Gasteiger partial charge in [-0.1, -0.05) is 271 Å². The summed E-state index contributed by atoms with van der Waals surface area (Å²) in [6, 6.07) is 33.4. The maximum Gasteiger partial charge on any atom is 0.416 e. The molecule has 1 aromatic heterocycles. The number of hydrogen-bond acceptors (Lipinski definition) is 19. The molecular formula is C95H140N6O18S. The van der Waals surface area contributed by atoms with Gasteiger partial charge in [0.2, 0.25) is 35.4 Å². The summed E-state index contributed by atoms with van der Waals surface area (Å²) in [5, 5.41) is 4.24. The van der Waals surface area contributed by atoms with Crippen molar-refractivity contribution in [3.63, 3.8) is 0 Å². The van der Waals surface area contributed by atoms with Gasteiger partial charge in [0.15, 0.2) is 0 Å². The third-order valence-electron chi connectivity index (χ3n) is 22.4. The number of thiophene rings is 1. The molecule has 0 atom stereocenters. The lowest BCUT2D eigenvalue weighted by Crippen LogP contribution is -2.31. The Balaban J connectivity index is 0.000000224. The number of benzene rings is 3. The van der Waals surface area contributed by atoms with E-state index in [9.17, 15) is 57.5 Å². The van der Waals surface area contributed by atoms with Crippen LogP contribution in [0, 0.1) is 5.92 Å². The van der Waals surface area contributed by atoms with Crippen molar-refractivity contribution in [3.8, 4) is 0 Å². The third kappa shape index (κ3) is 43.0. The van der Waals surface area contributed by atoms with Gasteiger partial charge in [-0.05, 0) is 135 Å². The normalized spacial score (nSPS) is 15.4. The number of ether oxygens (including phenoxy) is 6. The monoisotopic (exact) mass is 1680 g/mol. The lowest BCUT2D eigenvalue weighted by molar-refractivity contribution is -0.128. The molecule has 4 aromatic rings. The van der Waals surface area contributed by atoms with Crippen LogP contribution in [0.15, 0.2) is 108 Å². The number of carbonyl (C=O) groups excluding carboxylic acids is 12. The van der Waals surface area contributed by atoms with Crippen molar-refractivity contribution in [2.45, 2.75) is 309 Å². The molecule has 0 N–H and O–H groups in total. The predicted octanol–water partition coefficient (Wildman–Crippen LogP) is 21.2. The molecule has 120 heavy (non-hydrogen) atoms. The minimum Gasteiger partial charge on any atom is -0.447 e. The number of cyclic esters (lactones) is 6. The average molecular weight is 1690 g/mol. The van der Waals surface area contributed by atoms with Gasteiger partial charge in [0.1, 0.15) is 39.6 Å². The Morgan fingerprint density at radius 3 is 0.758 bits per heavy atom. The maximum atomic E-state index is 11.8. The minimum atomic E-state index is -0.491. The Kier molecular flexibility index (Phi) is 52.4. The number of aryl methyl sites for hydroxylation is 4. The number of amides is 12. The highest BCUT2D eigenvalue weighted by Crippen LogP contribution is 2.29. The van der Waals surface area contributed by atoms with Crippen LogP contribution in [0.4, 0.5) is 28.8 Å². The highest BCUT2D eigenvalue weighted by molar-refractivity contribution is 7.08. The number of rotatable bonds is 47. The number of nitrogens with zero attached hydrogens (tertiary/aromatic N) is 6. The predicted molar refractivity (Wildman–Crippen MR) is 465 cm³/mol. The molecule has 664 valence electrons. The van der Waals surface area contributed by atoms with Crippen molar-refractivity contribution in [1.82, 2.24) is 29.4 Å². The summed E-state index contributed by atoms with van der Waals surface area (Å²) >= 11 is 1.71. The van der Waals surface area contributed by atoms with E-state index in [1.807, 2.05) is 30.3 Å². The van der Waals surface area contributed by atoms with Gasteiger partial charge >= 0.3 is 36.6 Å². The first-order valence-electron chi connectivity index (χ1n) is 45.6. The summed E-state index contributed by atoms with van der Waals surface area (Å²) in [7, 11) is 0. The van der Waals surface area contributed by atoms with Crippen molar-refractivity contribution < 1.29 is 86.0 Å². The Morgan fingerprint density at radius 1 is 0.283 bits per heavy atom. The summed E-state index contributed by atoms with van der Waals surface area (Å²) in [5.74, 6) is 0.376. The molecule has 11 rings (SSSR count). The average Bonchev–Trinajstić information content (AvgIpc) is 1.78. The highest BCUT2D eigenvalue weighted by atomic mass is 32.1. The molecule has 0 bridgehead atoms. The molecule has 0 spiro atoms. The van der Waals surface area contributed by atoms with Crippen molar-refractivity contribution in [2.75, 3.05) is 78.9 Å². The Morgan fingerprint density at radius 2 is 0.517 bits per heavy atom. The molecule has 0 unspecified atom stereocenters. The third-order valence-corrected chi connectivity index (χ3v) is 23.1. The zero-order valence-electron chi connectivity index (χ0n) is 72.1. The van der Waals surface area contributed by atoms with Gasteiger partial charge in [0.25, 0.3) is 0 Å². The molecule has 0 radical (unpaired) electrons. The summed E-state index contributed by atoms with van der Waals surface area (Å²) < 4.78 is 28.5. The van der Waals surface area contributed by atoms with Gasteiger partial charge in [-0.2, -0.15) is 11.3 Å². The molecule has 7 heterocycles. The molecule has 1 saturated carbocycles. The second-order valence-electron chi connectivity index (χ2n) is 31.9. The first-order valence-corrected chi connectivity index (χ1v) is 46.5. The Hall–Kier alpha value is -9.00. The fourth-order valence-corrected chi connectivity index (χ4v) is 15.9. The van der Waals surface area contributed by atoms with Crippen LogP contribution in [0.1, 0.15) is 305 Å². The zero-order chi connectivity index (χ0) is 85.7. The molecular weight excluding hydrogens is 1550 g/mol. The van der Waals surface area contributed by atoms with E-state index in [2.05, 4.69) is 84.4 Å². The summed E-state index contributed by atoms with van der Waals surface area (Å²) in [6.07, 6.45) is 48.0. The fraction of sp³-hybridized carbons (Fsp3) is 0.642. The lowest BCUT2D eigenvalue weighted by atomic mass is 9.85. The standard InChI is InChI=1S/C19H35NO3.C17H23NO3.C16H21NO3.C15H25NO3.C15H19NO3.C13H17NO3S/c1-2-3-4-5-6-7-8-9-10-11-12-13-14-15-18(21)20-16-17-23-19(20)22;19-16(18-13-14-21-17(18)20)12-8-3-1-2-5-9-15-10-6-4-7-11-15;18-15(17-12-13-20-16(17)19)11-7-2-1-4-8-14-9-5-3-6-10-14;2*17-14(16-11-12-19-15(16)18)10-6-2-5-9-13-7-3-1-4-8-13;15-12(14-7-8-17-13(14)16)5-3-1-2-4-11-6-9-18-10-11/h2-17H2,1H3;4,6-7,10-11H,1-3,5,8-9,12-14H2;3,5-6,9-10H,1-2,4,7-8,11-13H2;13H,1-12H2;1,3-4,7-8H,2,5-6,9-12H2;6,9-10H,1-5,7-8H2. The van der Waals surface area contributed by atoms with Gasteiger partial charge in [-0.25, -0.2) is 58.2 Å². The van der Waals surface area contributed by atoms with E-state index in [1.54, 1.807) is 11.3 Å². The zero-order valence-corrected chi connectivity index (χ0v) is 72.9. The second kappa shape index (κ2) is 63.0. The number of hydrogen-bond donors (Lipinski definition) is 0. The van der Waals surface area contributed by atoms with Crippen LogP contribution in [-0.2, 0) is 82.9 Å². The number of imide groups is 6. The summed E-state index contributed by atoms with van der Waals surface area (Å²) in [6.45, 7) is 6.79. The molecule has 12 amide bonds. The molecule has 6 aliphatic heterocycles. The first kappa shape index (κ1) is 99.8. The molecule has 24 nitrogen and oxygen atoms in total. The Labute approximate surface area is 718 Å². The van der Waals surface area contributed by atoms with Gasteiger partial charge in [0, 0.05) is 38.5 Å². The molecule has 7 aliphatic rings. The van der Waals surface area contributed by atoms with Crippen molar-refractivity contribution in [3.05, 3.63) is 130 Å². The van der Waals surface area contributed by atoms with E-state index in [0.717, 1.165) is 141 Å². The van der Waals surface area contributed by atoms with E-state index in [-0.39, 0.29) is 35.4 Å². The summed E-state index contributed by atoms with van der Waals surface area (Å²) in [5.41, 5.74) is 5.45. The maximum absolute atomic E-state index is 11.8. The first-order chi connectivity index (χ1) is 58.6. The number of unbranched alkanes of at least 4 members (excludes halogenated alkanes) is 25. The smallest absolute Gasteiger partial charge is 0.416 e. The van der Waals surface area contributed by atoms with Crippen LogP contribution in [0.25, 0.3) is 0 Å². The Bertz CT molecular complexity index is 3560. The van der Waals surface area contributed by atoms with Gasteiger partial charge in [0.05, 0.1) is 39.3 Å².